The van der Waals surface area contributed by atoms with Crippen LogP contribution in [-0.2, 0) is 13.1 Å². The van der Waals surface area contributed by atoms with Crippen LogP contribution in [0.3, 0.4) is 0 Å². The summed E-state index contributed by atoms with van der Waals surface area (Å²) < 4.78 is 22.4. The molecule has 0 spiro atoms. The lowest BCUT2D eigenvalue weighted by atomic mass is 10.1. The lowest BCUT2D eigenvalue weighted by molar-refractivity contribution is 0.174. The van der Waals surface area contributed by atoms with Crippen LogP contribution in [0.15, 0.2) is 42.6 Å². The molecule has 7 nitrogen and oxygen atoms in total. The first-order chi connectivity index (χ1) is 14.3. The SMILES string of the molecule is COc1cccc2c1OCCCN(Cc1cn[nH]c1-c1ccc3c(c1)OCO3)C2. The number of fused-ring (bicyclic) bond motifs is 2. The van der Waals surface area contributed by atoms with Crippen molar-refractivity contribution < 1.29 is 18.9 Å². The molecular weight excluding hydrogens is 370 g/mol. The first kappa shape index (κ1) is 17.9. The van der Waals surface area contributed by atoms with Crippen molar-refractivity contribution in [3.05, 3.63) is 53.7 Å². The minimum atomic E-state index is 0.271. The zero-order valence-electron chi connectivity index (χ0n) is 16.3. The maximum Gasteiger partial charge on any atom is 0.231 e. The highest BCUT2D eigenvalue weighted by atomic mass is 16.7. The molecule has 0 unspecified atom stereocenters. The van der Waals surface area contributed by atoms with Crippen LogP contribution in [0.2, 0.25) is 0 Å². The van der Waals surface area contributed by atoms with Crippen LogP contribution in [0.25, 0.3) is 11.3 Å². The highest BCUT2D eigenvalue weighted by Gasteiger charge is 2.20. The second kappa shape index (κ2) is 7.67. The van der Waals surface area contributed by atoms with E-state index in [-0.39, 0.29) is 6.79 Å². The van der Waals surface area contributed by atoms with E-state index >= 15 is 0 Å². The minimum absolute atomic E-state index is 0.271. The summed E-state index contributed by atoms with van der Waals surface area (Å²) in [5.41, 5.74) is 4.33. The summed E-state index contributed by atoms with van der Waals surface area (Å²) in [5, 5.41) is 7.45. The standard InChI is InChI=1S/C22H23N3O4/c1-26-19-5-2-4-16-12-25(8-3-9-27-22(16)19)13-17-11-23-24-21(17)15-6-7-18-20(10-15)29-14-28-18/h2,4-7,10-11H,3,8-9,12-14H2,1H3,(H,23,24). The molecule has 0 amide bonds. The number of H-pyrrole nitrogens is 1. The fourth-order valence-electron chi connectivity index (χ4n) is 3.90. The summed E-state index contributed by atoms with van der Waals surface area (Å²) in [6, 6.07) is 12.0. The zero-order valence-corrected chi connectivity index (χ0v) is 16.3. The van der Waals surface area contributed by atoms with Gasteiger partial charge in [0.25, 0.3) is 0 Å². The summed E-state index contributed by atoms with van der Waals surface area (Å²) in [5.74, 6) is 3.19. The van der Waals surface area contributed by atoms with Gasteiger partial charge in [-0.05, 0) is 30.7 Å². The minimum Gasteiger partial charge on any atom is -0.493 e. The van der Waals surface area contributed by atoms with E-state index in [1.807, 2.05) is 36.5 Å². The number of ether oxygens (including phenoxy) is 4. The molecule has 2 aliphatic heterocycles. The topological polar surface area (TPSA) is 68.8 Å². The molecular formula is C22H23N3O4. The molecule has 1 N–H and O–H groups in total. The monoisotopic (exact) mass is 393 g/mol. The molecule has 29 heavy (non-hydrogen) atoms. The maximum absolute atomic E-state index is 5.97. The lowest BCUT2D eigenvalue weighted by Crippen LogP contribution is -2.27. The molecule has 3 aromatic rings. The predicted molar refractivity (Wildman–Crippen MR) is 107 cm³/mol. The number of rotatable bonds is 4. The van der Waals surface area contributed by atoms with Gasteiger partial charge in [0, 0.05) is 36.3 Å². The molecule has 0 bridgehead atoms. The second-order valence-electron chi connectivity index (χ2n) is 7.20. The Labute approximate surface area is 169 Å². The third kappa shape index (κ3) is 3.49. The number of nitrogens with zero attached hydrogens (tertiary/aromatic N) is 2. The average molecular weight is 393 g/mol. The van der Waals surface area contributed by atoms with Crippen molar-refractivity contribution in [1.82, 2.24) is 15.1 Å². The summed E-state index contributed by atoms with van der Waals surface area (Å²) in [6.07, 6.45) is 2.86. The lowest BCUT2D eigenvalue weighted by Gasteiger charge is -2.27. The third-order valence-electron chi connectivity index (χ3n) is 5.31. The van der Waals surface area contributed by atoms with Gasteiger partial charge in [0.2, 0.25) is 6.79 Å². The average Bonchev–Trinajstić information content (AvgIpc) is 3.38. The van der Waals surface area contributed by atoms with Crippen LogP contribution in [0.5, 0.6) is 23.0 Å². The molecule has 2 aliphatic rings. The fourth-order valence-corrected chi connectivity index (χ4v) is 3.90. The van der Waals surface area contributed by atoms with Crippen molar-refractivity contribution in [2.75, 3.05) is 27.1 Å². The van der Waals surface area contributed by atoms with Crippen molar-refractivity contribution in [2.45, 2.75) is 19.5 Å². The van der Waals surface area contributed by atoms with Crippen LogP contribution in [0, 0.1) is 0 Å². The van der Waals surface area contributed by atoms with E-state index in [0.29, 0.717) is 6.61 Å². The molecule has 5 rings (SSSR count). The molecule has 3 heterocycles. The second-order valence-corrected chi connectivity index (χ2v) is 7.20. The summed E-state index contributed by atoms with van der Waals surface area (Å²) >= 11 is 0. The summed E-state index contributed by atoms with van der Waals surface area (Å²) in [4.78, 5) is 2.42. The van der Waals surface area contributed by atoms with Crippen LogP contribution in [0.4, 0.5) is 0 Å². The normalized spacial score (nSPS) is 15.9. The first-order valence-corrected chi connectivity index (χ1v) is 9.75. The van der Waals surface area contributed by atoms with Crippen molar-refractivity contribution >= 4 is 0 Å². The van der Waals surface area contributed by atoms with E-state index in [2.05, 4.69) is 21.2 Å². The van der Waals surface area contributed by atoms with Crippen LogP contribution >= 0.6 is 0 Å². The fraction of sp³-hybridized carbons (Fsp3) is 0.318. The Kier molecular flexibility index (Phi) is 4.73. The number of aromatic amines is 1. The first-order valence-electron chi connectivity index (χ1n) is 9.75. The van der Waals surface area contributed by atoms with Crippen LogP contribution in [-0.4, -0.2) is 42.2 Å². The van der Waals surface area contributed by atoms with E-state index in [1.165, 1.54) is 0 Å². The third-order valence-corrected chi connectivity index (χ3v) is 5.31. The molecule has 0 saturated carbocycles. The highest BCUT2D eigenvalue weighted by Crippen LogP contribution is 2.37. The number of para-hydroxylation sites is 1. The molecule has 2 aromatic carbocycles. The Morgan fingerprint density at radius 3 is 3.00 bits per heavy atom. The molecule has 0 saturated heterocycles. The Morgan fingerprint density at radius 2 is 2.07 bits per heavy atom. The van der Waals surface area contributed by atoms with Gasteiger partial charge in [-0.25, -0.2) is 0 Å². The summed E-state index contributed by atoms with van der Waals surface area (Å²) in [6.45, 7) is 3.47. The van der Waals surface area contributed by atoms with Gasteiger partial charge in [-0.1, -0.05) is 12.1 Å². The molecule has 0 aliphatic carbocycles. The Bertz CT molecular complexity index is 1020. The zero-order chi connectivity index (χ0) is 19.6. The van der Waals surface area contributed by atoms with Gasteiger partial charge in [0.05, 0.1) is 25.6 Å². The molecule has 1 aromatic heterocycles. The number of nitrogens with one attached hydrogen (secondary N) is 1. The Morgan fingerprint density at radius 1 is 1.14 bits per heavy atom. The molecule has 7 heteroatoms. The predicted octanol–water partition coefficient (Wildman–Crippen LogP) is 3.60. The number of hydrogen-bond acceptors (Lipinski definition) is 6. The smallest absolute Gasteiger partial charge is 0.231 e. The Balaban J connectivity index is 1.40. The van der Waals surface area contributed by atoms with Crippen molar-refractivity contribution in [3.8, 4) is 34.3 Å². The van der Waals surface area contributed by atoms with Gasteiger partial charge in [-0.2, -0.15) is 5.10 Å². The van der Waals surface area contributed by atoms with Gasteiger partial charge >= 0.3 is 0 Å². The largest absolute Gasteiger partial charge is 0.493 e. The van der Waals surface area contributed by atoms with Crippen molar-refractivity contribution in [1.29, 1.82) is 0 Å². The van der Waals surface area contributed by atoms with Gasteiger partial charge in [-0.3, -0.25) is 10.00 Å². The van der Waals surface area contributed by atoms with E-state index in [4.69, 9.17) is 18.9 Å². The van der Waals surface area contributed by atoms with E-state index in [1.54, 1.807) is 7.11 Å². The van der Waals surface area contributed by atoms with Crippen molar-refractivity contribution in [3.63, 3.8) is 0 Å². The molecule has 0 atom stereocenters. The maximum atomic E-state index is 5.97. The Hall–Kier alpha value is -3.19. The number of aromatic nitrogens is 2. The number of hydrogen-bond donors (Lipinski definition) is 1. The number of benzene rings is 2. The van der Waals surface area contributed by atoms with Gasteiger partial charge in [0.15, 0.2) is 23.0 Å². The van der Waals surface area contributed by atoms with E-state index in [9.17, 15) is 0 Å². The highest BCUT2D eigenvalue weighted by molar-refractivity contribution is 5.67. The van der Waals surface area contributed by atoms with Crippen molar-refractivity contribution in [2.24, 2.45) is 0 Å². The molecule has 0 radical (unpaired) electrons. The number of methoxy groups -OCH3 is 1. The van der Waals surface area contributed by atoms with E-state index in [0.717, 1.165) is 71.4 Å². The summed E-state index contributed by atoms with van der Waals surface area (Å²) in [7, 11) is 1.68. The van der Waals surface area contributed by atoms with Gasteiger partial charge in [-0.15, -0.1) is 0 Å². The molecule has 150 valence electrons. The van der Waals surface area contributed by atoms with E-state index < -0.39 is 0 Å². The van der Waals surface area contributed by atoms with Gasteiger partial charge in [0.1, 0.15) is 0 Å². The quantitative estimate of drug-likeness (QED) is 0.731. The van der Waals surface area contributed by atoms with Crippen LogP contribution in [0.1, 0.15) is 17.5 Å². The van der Waals surface area contributed by atoms with Gasteiger partial charge < -0.3 is 18.9 Å². The molecule has 0 fully saturated rings. The van der Waals surface area contributed by atoms with Crippen LogP contribution < -0.4 is 18.9 Å².